The molecule has 2 aromatic carbocycles. The van der Waals surface area contributed by atoms with Crippen molar-refractivity contribution in [1.29, 1.82) is 5.26 Å². The molecule has 24 heavy (non-hydrogen) atoms. The minimum Gasteiger partial charge on any atom is -0.268 e. The molecule has 1 heterocycles. The molecule has 6 heteroatoms. The zero-order valence-electron chi connectivity index (χ0n) is 12.4. The number of benzene rings is 2. The van der Waals surface area contributed by atoms with Crippen LogP contribution in [0.1, 0.15) is 16.7 Å². The summed E-state index contributed by atoms with van der Waals surface area (Å²) in [5.41, 5.74) is 2.20. The molecular formula is C18H11BrN2O2S. The van der Waals surface area contributed by atoms with Gasteiger partial charge in [0, 0.05) is 4.47 Å². The van der Waals surface area contributed by atoms with Crippen molar-refractivity contribution in [3.63, 3.8) is 0 Å². The molecule has 118 valence electrons. The van der Waals surface area contributed by atoms with Gasteiger partial charge in [-0.15, -0.1) is 0 Å². The van der Waals surface area contributed by atoms with E-state index >= 15 is 0 Å². The van der Waals surface area contributed by atoms with Gasteiger partial charge in [0.15, 0.2) is 0 Å². The van der Waals surface area contributed by atoms with E-state index in [0.29, 0.717) is 10.5 Å². The molecular weight excluding hydrogens is 388 g/mol. The highest BCUT2D eigenvalue weighted by molar-refractivity contribution is 9.10. The molecule has 1 aliphatic rings. The molecule has 4 nitrogen and oxygen atoms in total. The maximum atomic E-state index is 12.5. The van der Waals surface area contributed by atoms with Crippen LogP contribution in [0.3, 0.4) is 0 Å². The number of carbonyl (C=O) groups excluding carboxylic acids is 2. The van der Waals surface area contributed by atoms with Gasteiger partial charge in [-0.2, -0.15) is 5.26 Å². The number of halogens is 1. The number of hydrogen-bond acceptors (Lipinski definition) is 4. The van der Waals surface area contributed by atoms with Crippen LogP contribution in [0.2, 0.25) is 0 Å². The molecule has 0 spiro atoms. The van der Waals surface area contributed by atoms with Crippen molar-refractivity contribution in [3.05, 3.63) is 74.6 Å². The first-order valence-electron chi connectivity index (χ1n) is 7.07. The third kappa shape index (κ3) is 3.42. The predicted molar refractivity (Wildman–Crippen MR) is 96.8 cm³/mol. The number of thioether (sulfide) groups is 1. The van der Waals surface area contributed by atoms with Crippen LogP contribution in [0.4, 0.5) is 4.79 Å². The van der Waals surface area contributed by atoms with Gasteiger partial charge in [-0.1, -0.05) is 46.3 Å². The first kappa shape index (κ1) is 16.5. The first-order valence-corrected chi connectivity index (χ1v) is 8.68. The zero-order chi connectivity index (χ0) is 17.1. The molecule has 0 bridgehead atoms. The molecule has 1 saturated heterocycles. The van der Waals surface area contributed by atoms with Gasteiger partial charge in [0.1, 0.15) is 0 Å². The summed E-state index contributed by atoms with van der Waals surface area (Å²) in [6.45, 7) is 0.233. The third-order valence-corrected chi connectivity index (χ3v) is 5.18. The minimum absolute atomic E-state index is 0.233. The van der Waals surface area contributed by atoms with Gasteiger partial charge in [-0.25, -0.2) is 0 Å². The van der Waals surface area contributed by atoms with E-state index in [2.05, 4.69) is 15.9 Å². The molecule has 0 aliphatic carbocycles. The number of rotatable bonds is 3. The average Bonchev–Trinajstić information content (AvgIpc) is 2.85. The van der Waals surface area contributed by atoms with E-state index in [4.69, 9.17) is 5.26 Å². The second kappa shape index (κ2) is 7.04. The van der Waals surface area contributed by atoms with Gasteiger partial charge >= 0.3 is 0 Å². The van der Waals surface area contributed by atoms with Crippen molar-refractivity contribution in [2.45, 2.75) is 6.54 Å². The number of nitriles is 1. The van der Waals surface area contributed by atoms with E-state index in [0.717, 1.165) is 27.4 Å². The quantitative estimate of drug-likeness (QED) is 0.711. The maximum absolute atomic E-state index is 12.5. The smallest absolute Gasteiger partial charge is 0.268 e. The number of imide groups is 1. The lowest BCUT2D eigenvalue weighted by Crippen LogP contribution is -2.27. The zero-order valence-corrected chi connectivity index (χ0v) is 14.8. The maximum Gasteiger partial charge on any atom is 0.293 e. The van der Waals surface area contributed by atoms with Crippen molar-refractivity contribution in [2.75, 3.05) is 0 Å². The van der Waals surface area contributed by atoms with Crippen LogP contribution in [0.5, 0.6) is 0 Å². The topological polar surface area (TPSA) is 61.2 Å². The molecule has 0 N–H and O–H groups in total. The van der Waals surface area contributed by atoms with E-state index in [-0.39, 0.29) is 17.7 Å². The lowest BCUT2D eigenvalue weighted by Gasteiger charge is -2.13. The Morgan fingerprint density at radius 1 is 1.12 bits per heavy atom. The van der Waals surface area contributed by atoms with Crippen molar-refractivity contribution in [2.24, 2.45) is 0 Å². The van der Waals surface area contributed by atoms with Crippen LogP contribution in [0, 0.1) is 11.3 Å². The Morgan fingerprint density at radius 3 is 2.50 bits per heavy atom. The number of carbonyl (C=O) groups is 2. The van der Waals surface area contributed by atoms with Gasteiger partial charge in [-0.05, 0) is 47.2 Å². The van der Waals surface area contributed by atoms with E-state index < -0.39 is 0 Å². The molecule has 2 amide bonds. The normalized spacial score (nSPS) is 15.8. The van der Waals surface area contributed by atoms with Crippen LogP contribution in [0.15, 0.2) is 57.9 Å². The number of hydrogen-bond donors (Lipinski definition) is 0. The van der Waals surface area contributed by atoms with Gasteiger partial charge in [0.25, 0.3) is 11.1 Å². The van der Waals surface area contributed by atoms with Crippen molar-refractivity contribution >= 4 is 44.9 Å². The van der Waals surface area contributed by atoms with Crippen LogP contribution < -0.4 is 0 Å². The Balaban J connectivity index is 1.82. The van der Waals surface area contributed by atoms with Crippen molar-refractivity contribution in [1.82, 2.24) is 4.90 Å². The molecule has 0 radical (unpaired) electrons. The predicted octanol–water partition coefficient (Wildman–Crippen LogP) is 4.56. The monoisotopic (exact) mass is 398 g/mol. The van der Waals surface area contributed by atoms with E-state index in [1.807, 2.05) is 30.3 Å². The number of nitrogens with zero attached hydrogens (tertiary/aromatic N) is 2. The summed E-state index contributed by atoms with van der Waals surface area (Å²) in [5, 5.41) is 8.53. The van der Waals surface area contributed by atoms with Crippen LogP contribution in [0.25, 0.3) is 6.08 Å². The third-order valence-electron chi connectivity index (χ3n) is 3.50. The van der Waals surface area contributed by atoms with E-state index in [1.165, 1.54) is 4.90 Å². The highest BCUT2D eigenvalue weighted by Crippen LogP contribution is 2.34. The lowest BCUT2D eigenvalue weighted by atomic mass is 10.1. The molecule has 0 unspecified atom stereocenters. The van der Waals surface area contributed by atoms with Crippen LogP contribution >= 0.6 is 27.7 Å². The fourth-order valence-corrected chi connectivity index (χ4v) is 3.49. The SMILES string of the molecule is N#Cc1ccc(/C=C2/SC(=O)N(Cc3ccccc3Br)C2=O)cc1. The van der Waals surface area contributed by atoms with Gasteiger partial charge in [-0.3, -0.25) is 14.5 Å². The second-order valence-corrected chi connectivity index (χ2v) is 6.94. The summed E-state index contributed by atoms with van der Waals surface area (Å²) in [7, 11) is 0. The van der Waals surface area contributed by atoms with Gasteiger partial charge in [0.2, 0.25) is 0 Å². The van der Waals surface area contributed by atoms with E-state index in [1.54, 1.807) is 30.3 Å². The van der Waals surface area contributed by atoms with Crippen LogP contribution in [-0.4, -0.2) is 16.0 Å². The Labute approximate surface area is 151 Å². The molecule has 0 saturated carbocycles. The van der Waals surface area contributed by atoms with E-state index in [9.17, 15) is 9.59 Å². The Hall–Kier alpha value is -2.36. The summed E-state index contributed by atoms with van der Waals surface area (Å²) >= 11 is 4.36. The molecule has 3 rings (SSSR count). The summed E-state index contributed by atoms with van der Waals surface area (Å²) in [5.74, 6) is -0.301. The van der Waals surface area contributed by atoms with Gasteiger partial charge < -0.3 is 0 Å². The summed E-state index contributed by atoms with van der Waals surface area (Å²) in [4.78, 5) is 26.3. The Kier molecular flexibility index (Phi) is 4.84. The summed E-state index contributed by atoms with van der Waals surface area (Å²) in [6, 6.07) is 16.4. The van der Waals surface area contributed by atoms with Crippen molar-refractivity contribution in [3.8, 4) is 6.07 Å². The fraction of sp³-hybridized carbons (Fsp3) is 0.0556. The number of amides is 2. The molecule has 0 atom stereocenters. The summed E-state index contributed by atoms with van der Waals surface area (Å²) in [6.07, 6.45) is 1.67. The Bertz CT molecular complexity index is 885. The molecule has 1 aliphatic heterocycles. The second-order valence-electron chi connectivity index (χ2n) is 5.09. The highest BCUT2D eigenvalue weighted by atomic mass is 79.9. The minimum atomic E-state index is -0.301. The lowest BCUT2D eigenvalue weighted by molar-refractivity contribution is -0.123. The largest absolute Gasteiger partial charge is 0.293 e. The average molecular weight is 399 g/mol. The molecule has 0 aromatic heterocycles. The Morgan fingerprint density at radius 2 is 1.83 bits per heavy atom. The molecule has 1 fully saturated rings. The summed E-state index contributed by atoms with van der Waals surface area (Å²) < 4.78 is 0.861. The fourth-order valence-electron chi connectivity index (χ4n) is 2.24. The molecule has 2 aromatic rings. The highest BCUT2D eigenvalue weighted by Gasteiger charge is 2.35. The van der Waals surface area contributed by atoms with Crippen molar-refractivity contribution < 1.29 is 9.59 Å². The first-order chi connectivity index (χ1) is 11.6. The van der Waals surface area contributed by atoms with Crippen LogP contribution in [-0.2, 0) is 11.3 Å². The van der Waals surface area contributed by atoms with Gasteiger partial charge in [0.05, 0.1) is 23.1 Å². The standard InChI is InChI=1S/C18H11BrN2O2S/c19-15-4-2-1-3-14(15)11-21-17(22)16(24-18(21)23)9-12-5-7-13(10-20)8-6-12/h1-9H,11H2/b16-9+.